The van der Waals surface area contributed by atoms with Gasteiger partial charge in [0.25, 0.3) is 0 Å². The van der Waals surface area contributed by atoms with Crippen molar-refractivity contribution >= 4 is 5.97 Å². The van der Waals surface area contributed by atoms with E-state index in [1.807, 2.05) is 12.1 Å². The standard InChI is InChI=1S/C16H20N4O.C2HF3O2/c1-2-10-20-11-3-4-13(14(20)5-1)16-18-15(19-21-16)12-6-8-17-9-7-12;3-2(4,5)1(6)7/h6-9,13-14H,1-5,10-11H2;(H,6,7)/t13?,14-;/m1./s1. The number of hydrogen-bond acceptors (Lipinski definition) is 6. The molecule has 2 atom stereocenters. The number of nitrogens with zero attached hydrogens (tertiary/aromatic N) is 4. The monoisotopic (exact) mass is 398 g/mol. The molecule has 0 aromatic carbocycles. The molecule has 1 N–H and O–H groups in total. The molecule has 0 spiro atoms. The van der Waals surface area contributed by atoms with Crippen LogP contribution in [0.4, 0.5) is 13.2 Å². The Hall–Kier alpha value is -2.49. The van der Waals surface area contributed by atoms with Gasteiger partial charge in [0.05, 0.1) is 5.92 Å². The molecule has 4 rings (SSSR count). The molecule has 0 amide bonds. The van der Waals surface area contributed by atoms with E-state index in [2.05, 4.69) is 20.0 Å². The summed E-state index contributed by atoms with van der Waals surface area (Å²) in [5.74, 6) is -0.853. The molecule has 2 aromatic rings. The van der Waals surface area contributed by atoms with Crippen LogP contribution in [0.25, 0.3) is 11.4 Å². The number of alkyl halides is 3. The average Bonchev–Trinajstić information content (AvgIpc) is 3.18. The first kappa shape index (κ1) is 20.2. The summed E-state index contributed by atoms with van der Waals surface area (Å²) in [6.45, 7) is 2.46. The van der Waals surface area contributed by atoms with Gasteiger partial charge in [-0.25, -0.2) is 4.79 Å². The Morgan fingerprint density at radius 1 is 1.14 bits per heavy atom. The second-order valence-electron chi connectivity index (χ2n) is 6.84. The quantitative estimate of drug-likeness (QED) is 0.828. The van der Waals surface area contributed by atoms with E-state index in [0.717, 1.165) is 11.5 Å². The summed E-state index contributed by atoms with van der Waals surface area (Å²) in [6.07, 6.45) is 4.74. The van der Waals surface area contributed by atoms with Crippen molar-refractivity contribution < 1.29 is 27.6 Å². The second kappa shape index (κ2) is 8.68. The number of halogens is 3. The number of aliphatic carboxylic acids is 1. The lowest BCUT2D eigenvalue weighted by molar-refractivity contribution is -0.192. The van der Waals surface area contributed by atoms with Crippen molar-refractivity contribution in [3.63, 3.8) is 0 Å². The molecule has 0 saturated carbocycles. The van der Waals surface area contributed by atoms with Gasteiger partial charge in [-0.15, -0.1) is 0 Å². The zero-order valence-corrected chi connectivity index (χ0v) is 15.1. The smallest absolute Gasteiger partial charge is 0.475 e. The Balaban J connectivity index is 0.000000279. The van der Waals surface area contributed by atoms with Gasteiger partial charge in [-0.1, -0.05) is 11.6 Å². The molecule has 2 aliphatic heterocycles. The maximum atomic E-state index is 10.6. The normalized spacial score (nSPS) is 22.7. The van der Waals surface area contributed by atoms with Gasteiger partial charge in [0.2, 0.25) is 11.7 Å². The zero-order valence-electron chi connectivity index (χ0n) is 15.1. The third-order valence-corrected chi connectivity index (χ3v) is 5.03. The molecule has 2 fully saturated rings. The number of hydrogen-bond donors (Lipinski definition) is 1. The summed E-state index contributed by atoms with van der Waals surface area (Å²) in [6, 6.07) is 4.43. The molecule has 1 unspecified atom stereocenters. The highest BCUT2D eigenvalue weighted by atomic mass is 19.4. The molecule has 0 radical (unpaired) electrons. The molecule has 2 aromatic heterocycles. The van der Waals surface area contributed by atoms with Crippen LogP contribution in [0.15, 0.2) is 29.0 Å². The van der Waals surface area contributed by atoms with Gasteiger partial charge >= 0.3 is 12.1 Å². The Kier molecular flexibility index (Phi) is 6.28. The first-order valence-corrected chi connectivity index (χ1v) is 9.14. The van der Waals surface area contributed by atoms with Crippen molar-refractivity contribution in [1.82, 2.24) is 20.0 Å². The zero-order chi connectivity index (χ0) is 20.1. The molecule has 2 saturated heterocycles. The number of rotatable bonds is 2. The largest absolute Gasteiger partial charge is 0.490 e. The Morgan fingerprint density at radius 2 is 1.82 bits per heavy atom. The van der Waals surface area contributed by atoms with Crippen LogP contribution in [0, 0.1) is 0 Å². The van der Waals surface area contributed by atoms with Gasteiger partial charge in [0, 0.05) is 24.0 Å². The highest BCUT2D eigenvalue weighted by Crippen LogP contribution is 2.37. The van der Waals surface area contributed by atoms with E-state index < -0.39 is 12.1 Å². The van der Waals surface area contributed by atoms with Crippen LogP contribution in [0.3, 0.4) is 0 Å². The summed E-state index contributed by atoms with van der Waals surface area (Å²) in [5.41, 5.74) is 0.969. The van der Waals surface area contributed by atoms with Gasteiger partial charge in [-0.2, -0.15) is 18.2 Å². The van der Waals surface area contributed by atoms with E-state index in [1.165, 1.54) is 45.2 Å². The van der Waals surface area contributed by atoms with E-state index in [0.29, 0.717) is 17.8 Å². The predicted molar refractivity (Wildman–Crippen MR) is 92.4 cm³/mol. The second-order valence-corrected chi connectivity index (χ2v) is 6.84. The molecule has 4 heterocycles. The van der Waals surface area contributed by atoms with Crippen molar-refractivity contribution in [3.05, 3.63) is 30.4 Å². The number of piperidine rings is 2. The first-order valence-electron chi connectivity index (χ1n) is 9.14. The number of carboxylic acids is 1. The van der Waals surface area contributed by atoms with E-state index in [1.54, 1.807) is 12.4 Å². The van der Waals surface area contributed by atoms with Crippen LogP contribution in [-0.4, -0.2) is 56.4 Å². The van der Waals surface area contributed by atoms with Gasteiger partial charge in [0.1, 0.15) is 0 Å². The molecular formula is C18H21F3N4O3. The fourth-order valence-electron chi connectivity index (χ4n) is 3.75. The highest BCUT2D eigenvalue weighted by Gasteiger charge is 2.38. The van der Waals surface area contributed by atoms with Crippen LogP contribution in [-0.2, 0) is 4.79 Å². The van der Waals surface area contributed by atoms with Crippen molar-refractivity contribution in [3.8, 4) is 11.4 Å². The van der Waals surface area contributed by atoms with E-state index in [4.69, 9.17) is 14.4 Å². The topological polar surface area (TPSA) is 92.3 Å². The predicted octanol–water partition coefficient (Wildman–Crippen LogP) is 3.50. The van der Waals surface area contributed by atoms with Crippen molar-refractivity contribution in [2.24, 2.45) is 0 Å². The summed E-state index contributed by atoms with van der Waals surface area (Å²) < 4.78 is 37.3. The van der Waals surface area contributed by atoms with Crippen LogP contribution >= 0.6 is 0 Å². The maximum Gasteiger partial charge on any atom is 0.490 e. The minimum atomic E-state index is -5.08. The minimum Gasteiger partial charge on any atom is -0.475 e. The van der Waals surface area contributed by atoms with E-state index >= 15 is 0 Å². The first-order chi connectivity index (χ1) is 13.4. The lowest BCUT2D eigenvalue weighted by atomic mass is 9.83. The Morgan fingerprint density at radius 3 is 2.50 bits per heavy atom. The summed E-state index contributed by atoms with van der Waals surface area (Å²) >= 11 is 0. The van der Waals surface area contributed by atoms with E-state index in [9.17, 15) is 13.2 Å². The Bertz CT molecular complexity index is 780. The lowest BCUT2D eigenvalue weighted by Crippen LogP contribution is -2.46. The number of fused-ring (bicyclic) bond motifs is 1. The molecule has 0 aliphatic carbocycles. The van der Waals surface area contributed by atoms with Crippen LogP contribution < -0.4 is 0 Å². The number of aromatic nitrogens is 3. The number of pyridine rings is 1. The van der Waals surface area contributed by atoms with Gasteiger partial charge in [-0.3, -0.25) is 9.88 Å². The fraction of sp³-hybridized carbons (Fsp3) is 0.556. The van der Waals surface area contributed by atoms with Crippen LogP contribution in [0.5, 0.6) is 0 Å². The molecule has 7 nitrogen and oxygen atoms in total. The minimum absolute atomic E-state index is 0.405. The molecule has 152 valence electrons. The fourth-order valence-corrected chi connectivity index (χ4v) is 3.75. The number of carboxylic acid groups (broad SMARTS) is 1. The van der Waals surface area contributed by atoms with Gasteiger partial charge in [0.15, 0.2) is 0 Å². The third kappa shape index (κ3) is 4.86. The molecular weight excluding hydrogens is 377 g/mol. The molecule has 0 bridgehead atoms. The van der Waals surface area contributed by atoms with Crippen molar-refractivity contribution in [2.45, 2.75) is 50.2 Å². The summed E-state index contributed by atoms with van der Waals surface area (Å²) in [5, 5.41) is 11.3. The van der Waals surface area contributed by atoms with Crippen LogP contribution in [0.1, 0.15) is 43.9 Å². The van der Waals surface area contributed by atoms with Crippen molar-refractivity contribution in [1.29, 1.82) is 0 Å². The Labute approximate surface area is 159 Å². The van der Waals surface area contributed by atoms with Gasteiger partial charge in [-0.05, 0) is 50.9 Å². The maximum absolute atomic E-state index is 10.6. The summed E-state index contributed by atoms with van der Waals surface area (Å²) in [4.78, 5) is 20.2. The molecule has 28 heavy (non-hydrogen) atoms. The van der Waals surface area contributed by atoms with Gasteiger partial charge < -0.3 is 9.63 Å². The molecule has 10 heteroatoms. The molecule has 2 aliphatic rings. The summed E-state index contributed by atoms with van der Waals surface area (Å²) in [7, 11) is 0. The van der Waals surface area contributed by atoms with Crippen LogP contribution in [0.2, 0.25) is 0 Å². The SMILES string of the molecule is O=C(O)C(F)(F)F.c1cc(-c2noc(C3CCCN4CCCC[C@H]34)n2)ccn1. The van der Waals surface area contributed by atoms with Crippen molar-refractivity contribution in [2.75, 3.05) is 13.1 Å². The lowest BCUT2D eigenvalue weighted by Gasteiger charge is -2.42. The van der Waals surface area contributed by atoms with E-state index in [-0.39, 0.29) is 0 Å². The number of carbonyl (C=O) groups is 1. The third-order valence-electron chi connectivity index (χ3n) is 5.03. The highest BCUT2D eigenvalue weighted by molar-refractivity contribution is 5.73. The average molecular weight is 398 g/mol.